The van der Waals surface area contributed by atoms with Gasteiger partial charge in [-0.25, -0.2) is 8.42 Å². The van der Waals surface area contributed by atoms with E-state index in [1.54, 1.807) is 24.3 Å². The summed E-state index contributed by atoms with van der Waals surface area (Å²) in [5.74, 6) is -0.973. The number of anilines is 1. The Balaban J connectivity index is 1.88. The van der Waals surface area contributed by atoms with Gasteiger partial charge in [0.25, 0.3) is 0 Å². The molecule has 0 unspecified atom stereocenters. The van der Waals surface area contributed by atoms with Gasteiger partial charge in [0, 0.05) is 38.4 Å². The quantitative estimate of drug-likeness (QED) is 0.820. The molecule has 9 heteroatoms. The Morgan fingerprint density at radius 1 is 1.13 bits per heavy atom. The van der Waals surface area contributed by atoms with Crippen molar-refractivity contribution in [2.45, 2.75) is 19.1 Å². The van der Waals surface area contributed by atoms with E-state index in [0.29, 0.717) is 0 Å². The maximum absolute atomic E-state index is 12.1. The third-order valence-corrected chi connectivity index (χ3v) is 4.79. The topological polar surface area (TPSA) is 61.4 Å². The number of hydrogen-bond donors (Lipinski definition) is 2. The highest BCUT2D eigenvalue weighted by Gasteiger charge is 2.29. The van der Waals surface area contributed by atoms with Crippen LogP contribution in [-0.2, 0) is 16.6 Å². The molecule has 5 nitrogen and oxygen atoms in total. The second kappa shape index (κ2) is 7.50. The Hall–Kier alpha value is -1.32. The van der Waals surface area contributed by atoms with E-state index >= 15 is 0 Å². The summed E-state index contributed by atoms with van der Waals surface area (Å²) < 4.78 is 61.7. The number of hydrogen-bond acceptors (Lipinski definition) is 4. The summed E-state index contributed by atoms with van der Waals surface area (Å²) in [7, 11) is -4.00. The van der Waals surface area contributed by atoms with Crippen LogP contribution in [0.15, 0.2) is 24.3 Å². The molecule has 0 spiro atoms. The standard InChI is InChI=1S/C14H20F3N3O2S/c15-14(16,17)5-10-23(21,22)19-13-3-1-12(2-4-13)11-20-8-6-18-7-9-20/h1-4,18-19H,5-11H2. The van der Waals surface area contributed by atoms with Crippen LogP contribution in [0.1, 0.15) is 12.0 Å². The Kier molecular flexibility index (Phi) is 5.88. The third-order valence-electron chi connectivity index (χ3n) is 3.50. The molecule has 130 valence electrons. The molecule has 1 fully saturated rings. The third kappa shape index (κ3) is 6.76. The average Bonchev–Trinajstić information content (AvgIpc) is 2.48. The molecule has 1 aromatic rings. The van der Waals surface area contributed by atoms with Gasteiger partial charge in [0.1, 0.15) is 0 Å². The lowest BCUT2D eigenvalue weighted by Gasteiger charge is -2.27. The Labute approximate surface area is 133 Å². The van der Waals surface area contributed by atoms with Gasteiger partial charge in [-0.05, 0) is 17.7 Å². The lowest BCUT2D eigenvalue weighted by molar-refractivity contribution is -0.129. The normalized spacial score (nSPS) is 17.2. The van der Waals surface area contributed by atoms with E-state index in [2.05, 4.69) is 14.9 Å². The zero-order chi connectivity index (χ0) is 16.9. The van der Waals surface area contributed by atoms with Gasteiger partial charge in [-0.2, -0.15) is 13.2 Å². The van der Waals surface area contributed by atoms with Crippen LogP contribution in [0.25, 0.3) is 0 Å². The zero-order valence-corrected chi connectivity index (χ0v) is 13.4. The number of alkyl halides is 3. The van der Waals surface area contributed by atoms with Gasteiger partial charge in [-0.15, -0.1) is 0 Å². The molecule has 2 N–H and O–H groups in total. The molecule has 0 radical (unpaired) electrons. The van der Waals surface area contributed by atoms with Gasteiger partial charge in [-0.3, -0.25) is 9.62 Å². The van der Waals surface area contributed by atoms with Crippen LogP contribution in [-0.4, -0.2) is 51.4 Å². The van der Waals surface area contributed by atoms with E-state index in [-0.39, 0.29) is 5.69 Å². The highest BCUT2D eigenvalue weighted by Crippen LogP contribution is 2.21. The fourth-order valence-corrected chi connectivity index (χ4v) is 3.38. The Morgan fingerprint density at radius 3 is 2.30 bits per heavy atom. The van der Waals surface area contributed by atoms with Crippen LogP contribution < -0.4 is 10.0 Å². The number of nitrogens with zero attached hydrogens (tertiary/aromatic N) is 1. The molecule has 2 rings (SSSR count). The van der Waals surface area contributed by atoms with Gasteiger partial charge in [0.2, 0.25) is 10.0 Å². The molecule has 0 bridgehead atoms. The zero-order valence-electron chi connectivity index (χ0n) is 12.6. The number of halogens is 3. The molecular formula is C14H20F3N3O2S. The molecule has 0 amide bonds. The van der Waals surface area contributed by atoms with Crippen LogP contribution >= 0.6 is 0 Å². The van der Waals surface area contributed by atoms with Crippen molar-refractivity contribution in [1.29, 1.82) is 0 Å². The van der Waals surface area contributed by atoms with Crippen LogP contribution in [0, 0.1) is 0 Å². The molecule has 0 saturated carbocycles. The second-order valence-electron chi connectivity index (χ2n) is 5.51. The first-order valence-corrected chi connectivity index (χ1v) is 8.98. The lowest BCUT2D eigenvalue weighted by Crippen LogP contribution is -2.42. The van der Waals surface area contributed by atoms with Crippen molar-refractivity contribution in [2.75, 3.05) is 36.7 Å². The van der Waals surface area contributed by atoms with E-state index < -0.39 is 28.4 Å². The largest absolute Gasteiger partial charge is 0.390 e. The van der Waals surface area contributed by atoms with Crippen molar-refractivity contribution in [3.63, 3.8) is 0 Å². The molecule has 1 aromatic carbocycles. The lowest BCUT2D eigenvalue weighted by atomic mass is 10.2. The van der Waals surface area contributed by atoms with Crippen molar-refractivity contribution in [3.8, 4) is 0 Å². The van der Waals surface area contributed by atoms with Crippen LogP contribution in [0.5, 0.6) is 0 Å². The number of sulfonamides is 1. The monoisotopic (exact) mass is 351 g/mol. The van der Waals surface area contributed by atoms with E-state index in [1.165, 1.54) is 0 Å². The van der Waals surface area contributed by atoms with Crippen molar-refractivity contribution in [2.24, 2.45) is 0 Å². The summed E-state index contributed by atoms with van der Waals surface area (Å²) in [6, 6.07) is 6.71. The Morgan fingerprint density at radius 2 is 1.74 bits per heavy atom. The van der Waals surface area contributed by atoms with Crippen LogP contribution in [0.3, 0.4) is 0 Å². The molecular weight excluding hydrogens is 331 g/mol. The van der Waals surface area contributed by atoms with Gasteiger partial charge in [0.05, 0.1) is 12.2 Å². The van der Waals surface area contributed by atoms with Crippen molar-refractivity contribution < 1.29 is 21.6 Å². The van der Waals surface area contributed by atoms with E-state index in [1.807, 2.05) is 0 Å². The molecule has 1 heterocycles. The summed E-state index contributed by atoms with van der Waals surface area (Å²) in [5, 5.41) is 3.26. The molecule has 1 aliphatic rings. The average molecular weight is 351 g/mol. The van der Waals surface area contributed by atoms with E-state index in [0.717, 1.165) is 38.3 Å². The fraction of sp³-hybridized carbons (Fsp3) is 0.571. The molecule has 0 aromatic heterocycles. The predicted molar refractivity (Wildman–Crippen MR) is 82.7 cm³/mol. The van der Waals surface area contributed by atoms with Crippen LogP contribution in [0.4, 0.5) is 18.9 Å². The minimum Gasteiger partial charge on any atom is -0.314 e. The molecule has 23 heavy (non-hydrogen) atoms. The van der Waals surface area contributed by atoms with Gasteiger partial charge in [-0.1, -0.05) is 12.1 Å². The van der Waals surface area contributed by atoms with Gasteiger partial charge >= 0.3 is 6.18 Å². The molecule has 0 aliphatic carbocycles. The SMILES string of the molecule is O=S(=O)(CCC(F)(F)F)Nc1ccc(CN2CCNCC2)cc1. The number of piperazine rings is 1. The number of rotatable bonds is 6. The summed E-state index contributed by atoms with van der Waals surface area (Å²) in [6.07, 6.45) is -5.84. The maximum Gasteiger partial charge on any atom is 0.390 e. The first-order valence-electron chi connectivity index (χ1n) is 7.33. The Bertz CT molecular complexity index is 597. The highest BCUT2D eigenvalue weighted by molar-refractivity contribution is 7.92. The van der Waals surface area contributed by atoms with Crippen LogP contribution in [0.2, 0.25) is 0 Å². The van der Waals surface area contributed by atoms with E-state index in [9.17, 15) is 21.6 Å². The minimum absolute atomic E-state index is 0.274. The maximum atomic E-state index is 12.1. The number of nitrogens with one attached hydrogen (secondary N) is 2. The van der Waals surface area contributed by atoms with Crippen molar-refractivity contribution in [3.05, 3.63) is 29.8 Å². The summed E-state index contributed by atoms with van der Waals surface area (Å²) in [5.41, 5.74) is 1.31. The van der Waals surface area contributed by atoms with Gasteiger partial charge < -0.3 is 5.32 Å². The minimum atomic E-state index is -4.48. The summed E-state index contributed by atoms with van der Waals surface area (Å²) >= 11 is 0. The second-order valence-corrected chi connectivity index (χ2v) is 7.35. The van der Waals surface area contributed by atoms with Crippen molar-refractivity contribution in [1.82, 2.24) is 10.2 Å². The summed E-state index contributed by atoms with van der Waals surface area (Å²) in [4.78, 5) is 2.28. The molecule has 1 aliphatic heterocycles. The number of benzene rings is 1. The van der Waals surface area contributed by atoms with Crippen molar-refractivity contribution >= 4 is 15.7 Å². The van der Waals surface area contributed by atoms with Gasteiger partial charge in [0.15, 0.2) is 0 Å². The smallest absolute Gasteiger partial charge is 0.314 e. The first kappa shape index (κ1) is 18.0. The molecule has 1 saturated heterocycles. The first-order chi connectivity index (χ1) is 10.7. The summed E-state index contributed by atoms with van der Waals surface area (Å²) in [6.45, 7) is 4.55. The fourth-order valence-electron chi connectivity index (χ4n) is 2.29. The van der Waals surface area contributed by atoms with E-state index in [4.69, 9.17) is 0 Å². The molecule has 0 atom stereocenters. The highest BCUT2D eigenvalue weighted by atomic mass is 32.2. The predicted octanol–water partition coefficient (Wildman–Crippen LogP) is 1.79.